The van der Waals surface area contributed by atoms with Gasteiger partial charge in [-0.05, 0) is 18.9 Å². The van der Waals surface area contributed by atoms with Crippen LogP contribution in [0.25, 0.3) is 0 Å². The molecule has 0 aliphatic carbocycles. The molecule has 0 amide bonds. The first-order chi connectivity index (χ1) is 4.27. The Bertz CT molecular complexity index is 107. The van der Waals surface area contributed by atoms with Crippen LogP contribution in [0.15, 0.2) is 24.6 Å². The maximum Gasteiger partial charge on any atom is 0.115 e. The Labute approximate surface area is 54.5 Å². The van der Waals surface area contributed by atoms with E-state index in [1.807, 2.05) is 0 Å². The van der Waals surface area contributed by atoms with Crippen molar-refractivity contribution in [1.82, 2.24) is 0 Å². The summed E-state index contributed by atoms with van der Waals surface area (Å²) in [7, 11) is 0. The molecule has 0 aliphatic rings. The Kier molecular flexibility index (Phi) is 5.12. The van der Waals surface area contributed by atoms with Gasteiger partial charge in [-0.25, -0.2) is 4.39 Å². The largest absolute Gasteiger partial charge is 0.396 e. The first-order valence-electron chi connectivity index (χ1n) is 2.89. The first-order valence-corrected chi connectivity index (χ1v) is 2.89. The van der Waals surface area contributed by atoms with E-state index in [2.05, 4.69) is 6.58 Å². The Morgan fingerprint density at radius 2 is 2.33 bits per heavy atom. The van der Waals surface area contributed by atoms with Crippen molar-refractivity contribution in [2.75, 3.05) is 6.61 Å². The lowest BCUT2D eigenvalue weighted by atomic mass is 10.3. The molecule has 52 valence electrons. The van der Waals surface area contributed by atoms with E-state index in [4.69, 9.17) is 5.11 Å². The molecule has 0 atom stereocenters. The van der Waals surface area contributed by atoms with Crippen molar-refractivity contribution in [3.63, 3.8) is 0 Å². The highest BCUT2D eigenvalue weighted by atomic mass is 19.1. The van der Waals surface area contributed by atoms with Crippen LogP contribution in [-0.4, -0.2) is 11.7 Å². The van der Waals surface area contributed by atoms with E-state index in [-0.39, 0.29) is 6.61 Å². The van der Waals surface area contributed by atoms with Crippen LogP contribution in [-0.2, 0) is 0 Å². The molecular weight excluding hydrogens is 119 g/mol. The predicted molar refractivity (Wildman–Crippen MR) is 35.7 cm³/mol. The first kappa shape index (κ1) is 8.37. The zero-order chi connectivity index (χ0) is 7.11. The second-order valence-electron chi connectivity index (χ2n) is 1.72. The van der Waals surface area contributed by atoms with E-state index in [9.17, 15) is 4.39 Å². The van der Waals surface area contributed by atoms with E-state index in [1.54, 1.807) is 6.08 Å². The third-order valence-electron chi connectivity index (χ3n) is 0.828. The van der Waals surface area contributed by atoms with Crippen molar-refractivity contribution in [2.45, 2.75) is 12.8 Å². The number of halogens is 1. The highest BCUT2D eigenvalue weighted by Gasteiger charge is 1.79. The summed E-state index contributed by atoms with van der Waals surface area (Å²) in [6.07, 6.45) is 4.34. The molecular formula is C7H11FO. The molecule has 9 heavy (non-hydrogen) atoms. The van der Waals surface area contributed by atoms with Gasteiger partial charge in [0.15, 0.2) is 0 Å². The molecule has 0 radical (unpaired) electrons. The van der Waals surface area contributed by atoms with Gasteiger partial charge in [0.2, 0.25) is 0 Å². The molecule has 0 aromatic heterocycles. The maximum atomic E-state index is 11.8. The predicted octanol–water partition coefficient (Wildman–Crippen LogP) is 1.80. The molecule has 0 saturated carbocycles. The Morgan fingerprint density at radius 1 is 1.67 bits per heavy atom. The van der Waals surface area contributed by atoms with Gasteiger partial charge < -0.3 is 5.11 Å². The van der Waals surface area contributed by atoms with Gasteiger partial charge in [0.25, 0.3) is 0 Å². The fourth-order valence-corrected chi connectivity index (χ4v) is 0.420. The van der Waals surface area contributed by atoms with Crippen LogP contribution in [0.4, 0.5) is 4.39 Å². The molecule has 0 aromatic rings. The maximum absolute atomic E-state index is 11.8. The van der Waals surface area contributed by atoms with Crippen molar-refractivity contribution in [3.8, 4) is 0 Å². The van der Waals surface area contributed by atoms with Crippen LogP contribution in [0.3, 0.4) is 0 Å². The van der Waals surface area contributed by atoms with Crippen LogP contribution >= 0.6 is 0 Å². The minimum atomic E-state index is -0.437. The minimum absolute atomic E-state index is 0.156. The Balaban J connectivity index is 3.15. The van der Waals surface area contributed by atoms with E-state index < -0.39 is 5.83 Å². The Hall–Kier alpha value is -0.630. The van der Waals surface area contributed by atoms with Crippen LogP contribution in [0, 0.1) is 0 Å². The fraction of sp³-hybridized carbons (Fsp3) is 0.429. The standard InChI is InChI=1S/C7H11FO/c1-7(8)5-3-2-4-6-9/h3,5,9H,1-2,4,6H2/b5-3-. The van der Waals surface area contributed by atoms with Crippen molar-refractivity contribution in [3.05, 3.63) is 24.6 Å². The Morgan fingerprint density at radius 3 is 2.78 bits per heavy atom. The lowest BCUT2D eigenvalue weighted by molar-refractivity contribution is 0.289. The summed E-state index contributed by atoms with van der Waals surface area (Å²) in [6, 6.07) is 0. The SMILES string of the molecule is C=C(F)/C=C\CCCO. The molecule has 0 aliphatic heterocycles. The molecule has 0 spiro atoms. The number of aliphatic hydroxyl groups excluding tert-OH is 1. The number of hydrogen-bond donors (Lipinski definition) is 1. The average Bonchev–Trinajstić information content (AvgIpc) is 1.80. The normalized spacial score (nSPS) is 10.4. The van der Waals surface area contributed by atoms with E-state index in [1.165, 1.54) is 6.08 Å². The number of unbranched alkanes of at least 4 members (excludes halogenated alkanes) is 1. The molecule has 0 saturated heterocycles. The van der Waals surface area contributed by atoms with Gasteiger partial charge in [-0.1, -0.05) is 12.7 Å². The molecule has 0 unspecified atom stereocenters. The zero-order valence-corrected chi connectivity index (χ0v) is 5.31. The van der Waals surface area contributed by atoms with Gasteiger partial charge in [0.05, 0.1) is 0 Å². The summed E-state index contributed by atoms with van der Waals surface area (Å²) in [5.74, 6) is -0.437. The van der Waals surface area contributed by atoms with Crippen LogP contribution < -0.4 is 0 Å². The molecule has 1 N–H and O–H groups in total. The number of hydrogen-bond acceptors (Lipinski definition) is 1. The summed E-state index contributed by atoms with van der Waals surface area (Å²) in [4.78, 5) is 0. The quantitative estimate of drug-likeness (QED) is 0.454. The van der Waals surface area contributed by atoms with Crippen molar-refractivity contribution in [2.24, 2.45) is 0 Å². The average molecular weight is 130 g/mol. The van der Waals surface area contributed by atoms with Crippen molar-refractivity contribution in [1.29, 1.82) is 0 Å². The molecule has 0 fully saturated rings. The highest BCUT2D eigenvalue weighted by Crippen LogP contribution is 1.96. The van der Waals surface area contributed by atoms with Gasteiger partial charge in [-0.2, -0.15) is 0 Å². The number of rotatable bonds is 4. The monoisotopic (exact) mass is 130 g/mol. The minimum Gasteiger partial charge on any atom is -0.396 e. The summed E-state index contributed by atoms with van der Waals surface area (Å²) in [6.45, 7) is 3.19. The number of aliphatic hydroxyl groups is 1. The smallest absolute Gasteiger partial charge is 0.115 e. The molecule has 0 heterocycles. The lowest BCUT2D eigenvalue weighted by Crippen LogP contribution is -1.77. The third kappa shape index (κ3) is 7.37. The number of allylic oxidation sites excluding steroid dienone is 3. The van der Waals surface area contributed by atoms with Crippen LogP contribution in [0.1, 0.15) is 12.8 Å². The van der Waals surface area contributed by atoms with Crippen molar-refractivity contribution < 1.29 is 9.50 Å². The second kappa shape index (κ2) is 5.51. The van der Waals surface area contributed by atoms with Gasteiger partial charge in [0.1, 0.15) is 5.83 Å². The second-order valence-corrected chi connectivity index (χ2v) is 1.72. The highest BCUT2D eigenvalue weighted by molar-refractivity contribution is 5.05. The summed E-state index contributed by atoms with van der Waals surface area (Å²) >= 11 is 0. The van der Waals surface area contributed by atoms with Gasteiger partial charge >= 0.3 is 0 Å². The summed E-state index contributed by atoms with van der Waals surface area (Å²) in [5.41, 5.74) is 0. The zero-order valence-electron chi connectivity index (χ0n) is 5.31. The van der Waals surface area contributed by atoms with Crippen LogP contribution in [0.2, 0.25) is 0 Å². The van der Waals surface area contributed by atoms with E-state index in [0.29, 0.717) is 12.8 Å². The van der Waals surface area contributed by atoms with E-state index >= 15 is 0 Å². The molecule has 1 nitrogen and oxygen atoms in total. The van der Waals surface area contributed by atoms with Gasteiger partial charge in [-0.15, -0.1) is 0 Å². The van der Waals surface area contributed by atoms with Gasteiger partial charge in [0, 0.05) is 6.61 Å². The molecule has 0 bridgehead atoms. The fourth-order valence-electron chi connectivity index (χ4n) is 0.420. The summed E-state index contributed by atoms with van der Waals surface area (Å²) < 4.78 is 11.8. The molecule has 0 aromatic carbocycles. The van der Waals surface area contributed by atoms with Crippen molar-refractivity contribution >= 4 is 0 Å². The lowest BCUT2D eigenvalue weighted by Gasteiger charge is -1.85. The van der Waals surface area contributed by atoms with Gasteiger partial charge in [-0.3, -0.25) is 0 Å². The topological polar surface area (TPSA) is 20.2 Å². The van der Waals surface area contributed by atoms with Crippen LogP contribution in [0.5, 0.6) is 0 Å². The molecule has 2 heteroatoms. The van der Waals surface area contributed by atoms with E-state index in [0.717, 1.165) is 0 Å². The summed E-state index contributed by atoms with van der Waals surface area (Å²) in [5, 5.41) is 8.28. The molecule has 0 rings (SSSR count). The third-order valence-corrected chi connectivity index (χ3v) is 0.828.